The van der Waals surface area contributed by atoms with E-state index in [0.29, 0.717) is 11.1 Å². The SMILES string of the molecule is Cc1ccc(C(O)c2ccc3c(c2)CC(C)O3)c(F)c1. The van der Waals surface area contributed by atoms with Crippen LogP contribution < -0.4 is 4.74 Å². The largest absolute Gasteiger partial charge is 0.490 e. The number of aliphatic hydroxyl groups excluding tert-OH is 1. The first-order valence-corrected chi connectivity index (χ1v) is 6.78. The van der Waals surface area contributed by atoms with Gasteiger partial charge in [-0.3, -0.25) is 0 Å². The molecule has 1 aliphatic rings. The minimum Gasteiger partial charge on any atom is -0.490 e. The minimum absolute atomic E-state index is 0.161. The molecule has 1 heterocycles. The van der Waals surface area contributed by atoms with Gasteiger partial charge in [0.25, 0.3) is 0 Å². The first kappa shape index (κ1) is 13.1. The predicted octanol–water partition coefficient (Wildman–Crippen LogP) is 3.54. The van der Waals surface area contributed by atoms with Crippen LogP contribution in [-0.4, -0.2) is 11.2 Å². The molecule has 0 radical (unpaired) electrons. The van der Waals surface area contributed by atoms with Crippen molar-refractivity contribution in [1.29, 1.82) is 0 Å². The summed E-state index contributed by atoms with van der Waals surface area (Å²) in [5.74, 6) is 0.487. The van der Waals surface area contributed by atoms with Crippen LogP contribution in [-0.2, 0) is 6.42 Å². The van der Waals surface area contributed by atoms with Gasteiger partial charge < -0.3 is 9.84 Å². The summed E-state index contributed by atoms with van der Waals surface area (Å²) in [5, 5.41) is 10.4. The quantitative estimate of drug-likeness (QED) is 0.906. The highest BCUT2D eigenvalue weighted by molar-refractivity contribution is 5.43. The zero-order valence-corrected chi connectivity index (χ0v) is 11.6. The molecule has 0 aromatic heterocycles. The Morgan fingerprint density at radius 1 is 1.25 bits per heavy atom. The second kappa shape index (κ2) is 4.91. The predicted molar refractivity (Wildman–Crippen MR) is 75.4 cm³/mol. The lowest BCUT2D eigenvalue weighted by molar-refractivity contribution is 0.215. The van der Waals surface area contributed by atoms with Crippen molar-refractivity contribution in [2.75, 3.05) is 0 Å². The molecule has 0 saturated heterocycles. The fourth-order valence-electron chi connectivity index (χ4n) is 2.65. The Kier molecular flexibility index (Phi) is 3.22. The van der Waals surface area contributed by atoms with E-state index in [4.69, 9.17) is 4.74 Å². The lowest BCUT2D eigenvalue weighted by atomic mass is 9.97. The van der Waals surface area contributed by atoms with Gasteiger partial charge in [-0.05, 0) is 48.7 Å². The van der Waals surface area contributed by atoms with Gasteiger partial charge in [-0.1, -0.05) is 18.2 Å². The molecule has 1 N–H and O–H groups in total. The second-order valence-electron chi connectivity index (χ2n) is 5.43. The number of aryl methyl sites for hydroxylation is 1. The maximum Gasteiger partial charge on any atom is 0.129 e. The number of hydrogen-bond acceptors (Lipinski definition) is 2. The van der Waals surface area contributed by atoms with Gasteiger partial charge in [0.1, 0.15) is 23.8 Å². The number of aliphatic hydroxyl groups is 1. The van der Waals surface area contributed by atoms with Crippen LogP contribution in [0.1, 0.15) is 35.3 Å². The Bertz CT molecular complexity index is 651. The molecule has 0 spiro atoms. The number of fused-ring (bicyclic) bond motifs is 1. The highest BCUT2D eigenvalue weighted by Crippen LogP contribution is 2.33. The molecule has 0 bridgehead atoms. The van der Waals surface area contributed by atoms with Gasteiger partial charge in [-0.2, -0.15) is 0 Å². The fraction of sp³-hybridized carbons (Fsp3) is 0.294. The molecule has 2 unspecified atom stereocenters. The number of ether oxygens (including phenoxy) is 1. The Hall–Kier alpha value is -1.87. The summed E-state index contributed by atoms with van der Waals surface area (Å²) < 4.78 is 19.6. The third-order valence-corrected chi connectivity index (χ3v) is 3.69. The summed E-state index contributed by atoms with van der Waals surface area (Å²) >= 11 is 0. The average molecular weight is 272 g/mol. The molecule has 0 saturated carbocycles. The molecule has 2 aromatic carbocycles. The van der Waals surface area contributed by atoms with Crippen molar-refractivity contribution < 1.29 is 14.2 Å². The van der Waals surface area contributed by atoms with E-state index in [1.165, 1.54) is 6.07 Å². The number of halogens is 1. The lowest BCUT2D eigenvalue weighted by Gasteiger charge is -2.14. The lowest BCUT2D eigenvalue weighted by Crippen LogP contribution is -2.05. The summed E-state index contributed by atoms with van der Waals surface area (Å²) in [6.07, 6.45) is 0.0389. The molecule has 0 aliphatic carbocycles. The topological polar surface area (TPSA) is 29.5 Å². The van der Waals surface area contributed by atoms with Gasteiger partial charge in [-0.25, -0.2) is 4.39 Å². The number of rotatable bonds is 2. The van der Waals surface area contributed by atoms with Crippen LogP contribution in [0, 0.1) is 12.7 Å². The van der Waals surface area contributed by atoms with Crippen molar-refractivity contribution in [2.45, 2.75) is 32.5 Å². The summed E-state index contributed by atoms with van der Waals surface area (Å²) in [6.45, 7) is 3.84. The molecule has 20 heavy (non-hydrogen) atoms. The molecule has 2 nitrogen and oxygen atoms in total. The summed E-state index contributed by atoms with van der Waals surface area (Å²) in [5.41, 5.74) is 2.92. The van der Waals surface area contributed by atoms with Crippen LogP contribution in [0.4, 0.5) is 4.39 Å². The van der Waals surface area contributed by atoms with E-state index >= 15 is 0 Å². The van der Waals surface area contributed by atoms with Gasteiger partial charge in [0, 0.05) is 12.0 Å². The maximum absolute atomic E-state index is 13.9. The number of hydrogen-bond donors (Lipinski definition) is 1. The maximum atomic E-state index is 13.9. The smallest absolute Gasteiger partial charge is 0.129 e. The molecule has 3 heteroatoms. The van der Waals surface area contributed by atoms with Crippen molar-refractivity contribution in [2.24, 2.45) is 0 Å². The van der Waals surface area contributed by atoms with E-state index in [1.54, 1.807) is 18.2 Å². The zero-order valence-electron chi connectivity index (χ0n) is 11.6. The van der Waals surface area contributed by atoms with E-state index in [9.17, 15) is 9.50 Å². The van der Waals surface area contributed by atoms with Crippen LogP contribution >= 0.6 is 0 Å². The minimum atomic E-state index is -0.947. The normalized spacial score (nSPS) is 18.5. The third-order valence-electron chi connectivity index (χ3n) is 3.69. The molecule has 0 fully saturated rings. The summed E-state index contributed by atoms with van der Waals surface area (Å²) in [7, 11) is 0. The first-order valence-electron chi connectivity index (χ1n) is 6.78. The van der Waals surface area contributed by atoms with Crippen LogP contribution in [0.2, 0.25) is 0 Å². The van der Waals surface area contributed by atoms with Gasteiger partial charge in [0.15, 0.2) is 0 Å². The van der Waals surface area contributed by atoms with Crippen molar-refractivity contribution in [3.05, 3.63) is 64.5 Å². The van der Waals surface area contributed by atoms with Crippen molar-refractivity contribution >= 4 is 0 Å². The first-order chi connectivity index (χ1) is 9.54. The fourth-order valence-corrected chi connectivity index (χ4v) is 2.65. The van der Waals surface area contributed by atoms with E-state index < -0.39 is 6.10 Å². The van der Waals surface area contributed by atoms with Crippen molar-refractivity contribution in [3.8, 4) is 5.75 Å². The highest BCUT2D eigenvalue weighted by atomic mass is 19.1. The Morgan fingerprint density at radius 3 is 2.80 bits per heavy atom. The molecule has 104 valence electrons. The Balaban J connectivity index is 1.95. The van der Waals surface area contributed by atoms with Crippen LogP contribution in [0.25, 0.3) is 0 Å². The molecular formula is C17H17FO2. The highest BCUT2D eigenvalue weighted by Gasteiger charge is 2.22. The third kappa shape index (κ3) is 2.29. The van der Waals surface area contributed by atoms with Gasteiger partial charge in [0.2, 0.25) is 0 Å². The van der Waals surface area contributed by atoms with Gasteiger partial charge >= 0.3 is 0 Å². The summed E-state index contributed by atoms with van der Waals surface area (Å²) in [6, 6.07) is 10.4. The van der Waals surface area contributed by atoms with E-state index in [0.717, 1.165) is 23.3 Å². The zero-order chi connectivity index (χ0) is 14.3. The Labute approximate surface area is 117 Å². The molecule has 2 aromatic rings. The van der Waals surface area contributed by atoms with Gasteiger partial charge in [-0.15, -0.1) is 0 Å². The van der Waals surface area contributed by atoms with E-state index in [1.807, 2.05) is 26.0 Å². The monoisotopic (exact) mass is 272 g/mol. The Morgan fingerprint density at radius 2 is 2.05 bits per heavy atom. The van der Waals surface area contributed by atoms with E-state index in [-0.39, 0.29) is 11.9 Å². The molecule has 2 atom stereocenters. The van der Waals surface area contributed by atoms with E-state index in [2.05, 4.69) is 0 Å². The van der Waals surface area contributed by atoms with Gasteiger partial charge in [0.05, 0.1) is 0 Å². The average Bonchev–Trinajstić information content (AvgIpc) is 2.77. The molecule has 1 aliphatic heterocycles. The molecule has 3 rings (SSSR count). The molecule has 0 amide bonds. The number of benzene rings is 2. The van der Waals surface area contributed by atoms with Crippen molar-refractivity contribution in [1.82, 2.24) is 0 Å². The summed E-state index contributed by atoms with van der Waals surface area (Å²) in [4.78, 5) is 0. The van der Waals surface area contributed by atoms with Crippen molar-refractivity contribution in [3.63, 3.8) is 0 Å². The molecular weight excluding hydrogens is 255 g/mol. The standard InChI is InChI=1S/C17H17FO2/c1-10-3-5-14(15(18)7-10)17(19)12-4-6-16-13(9-12)8-11(2)20-16/h3-7,9,11,17,19H,8H2,1-2H3. The van der Waals surface area contributed by atoms with Crippen LogP contribution in [0.15, 0.2) is 36.4 Å². The second-order valence-corrected chi connectivity index (χ2v) is 5.43. The van der Waals surface area contributed by atoms with Crippen LogP contribution in [0.3, 0.4) is 0 Å². The van der Waals surface area contributed by atoms with Crippen LogP contribution in [0.5, 0.6) is 5.75 Å².